The molecule has 0 aromatic heterocycles. The van der Waals surface area contributed by atoms with E-state index in [1.165, 1.54) is 6.92 Å². The van der Waals surface area contributed by atoms with E-state index in [0.29, 0.717) is 38.0 Å². The SMILES string of the molecule is C=CC1OC2C[C@H]3OC[C@@]3(OC(C)=O)[C@H]3[C@H](C)[C@]4(C(C)(C)O)C[C@H](OC(=O)C(O)[C@H](CC(C)C)NC(=O)OC(C)(C)C)C(C)=C4[C@H](C)[C@H](O1)[C@]23C.CC[C@H](C)C(C)(C)[C@@H](O)[C@@H](C)/C(C)=C(\C)[C@H](C)OC(=O)C(C)[C@H](CC(C)C)NC(=O)OC(C)(C)C.CC[C@H](O)C(C)(C)[C@@H](O)[C@@H](C)/C(C)=C(\C)[C@H](C)OC(=O)C(O)[C@H](CC(C)C)NC(=O)OC(C)(C)C. The Labute approximate surface area is 727 Å². The van der Waals surface area contributed by atoms with Gasteiger partial charge in [0.2, 0.25) is 0 Å². The van der Waals surface area contributed by atoms with Gasteiger partial charge in [-0.15, -0.1) is 0 Å². The van der Waals surface area contributed by atoms with Gasteiger partial charge in [0, 0.05) is 65.7 Å². The Balaban J connectivity index is 0.000000485. The zero-order chi connectivity index (χ0) is 94.0. The van der Waals surface area contributed by atoms with Crippen molar-refractivity contribution < 1.29 is 112 Å². The fourth-order valence-electron chi connectivity index (χ4n) is 19.2. The van der Waals surface area contributed by atoms with E-state index in [2.05, 4.69) is 71.0 Å². The lowest BCUT2D eigenvalue weighted by atomic mass is 9.47. The van der Waals surface area contributed by atoms with Gasteiger partial charge >= 0.3 is 42.2 Å². The molecule has 121 heavy (non-hydrogen) atoms. The minimum absolute atomic E-state index is 0.0332. The molecule has 0 radical (unpaired) electrons. The van der Waals surface area contributed by atoms with Gasteiger partial charge in [-0.3, -0.25) is 9.59 Å². The molecular weight excluding hydrogens is 1550 g/mol. The van der Waals surface area contributed by atoms with Gasteiger partial charge < -0.3 is 94.0 Å². The van der Waals surface area contributed by atoms with Crippen LogP contribution < -0.4 is 16.0 Å². The molecule has 0 bridgehead atoms. The summed E-state index contributed by atoms with van der Waals surface area (Å²) >= 11 is 0. The van der Waals surface area contributed by atoms with Gasteiger partial charge in [0.15, 0.2) is 24.1 Å². The Morgan fingerprint density at radius 1 is 0.554 bits per heavy atom. The van der Waals surface area contributed by atoms with Gasteiger partial charge in [-0.1, -0.05) is 154 Å². The van der Waals surface area contributed by atoms with E-state index in [-0.39, 0.29) is 71.9 Å². The standard InChI is InChI=1S/C39H61NO11.C29H55NO5.C27H51NO7/c1-14-28-48-26-16-27-39(18-46-27,50-23(7)41)31-22(6)38(36(11,12)45)17-25(20(4)29(38)21(5)32(49-28)37(26,31)13)47-33(43)30(42)24(15-19(2)3)40-34(44)51-35(8,9)10;1-15-18(4)29(13,14)25(31)21(7)19(5)20(6)23(9)34-26(32)22(8)24(16-17(2)3)30-27(33)35-28(10,11)12;1-13-21(29)27(11,12)23(31)18(6)16(4)17(5)19(7)34-24(32)22(30)20(14-15(2)3)28-25(33)35-26(8,9)10/h14,19,21-22,24-28,30-32,42,45H,1,15-18H2,2-13H3,(H,40,44);17-18,21-25,31H,15-16H2,1-14H3,(H,30,33);15,18-23,29-31H,13-14H2,1-12H3,(H,28,33)/b;20-19+;17-16+/t21-,22-,24-,25-,26?,27+,28?,30?,31-,32-,37+,38+,39-;18-,21-,22?,23-,24-,25-;18-,19-,20-,21-,22?,23-/m000/s1. The topological polar surface area (TPSA) is 369 Å². The first-order valence-electron chi connectivity index (χ1n) is 44.5. The predicted octanol–water partition coefficient (Wildman–Crippen LogP) is 16.2. The quantitative estimate of drug-likeness (QED) is 0.0167. The zero-order valence-electron chi connectivity index (χ0n) is 81.5. The van der Waals surface area contributed by atoms with Crippen LogP contribution in [0.4, 0.5) is 14.4 Å². The number of hydrogen-bond acceptors (Lipinski definition) is 23. The third-order valence-electron chi connectivity index (χ3n) is 27.0. The molecule has 2 heterocycles. The van der Waals surface area contributed by atoms with Crippen LogP contribution in [0.15, 0.2) is 46.1 Å². The molecule has 26 nitrogen and oxygen atoms in total. The molecule has 4 fully saturated rings. The van der Waals surface area contributed by atoms with Crippen LogP contribution in [0, 0.1) is 80.8 Å². The number of amides is 3. The molecule has 5 unspecified atom stereocenters. The zero-order valence-corrected chi connectivity index (χ0v) is 81.5. The smallest absolute Gasteiger partial charge is 0.407 e. The van der Waals surface area contributed by atoms with Crippen molar-refractivity contribution in [1.82, 2.24) is 16.0 Å². The van der Waals surface area contributed by atoms with Crippen LogP contribution in [0.2, 0.25) is 0 Å². The lowest BCUT2D eigenvalue weighted by Gasteiger charge is -2.68. The number of rotatable bonds is 33. The highest BCUT2D eigenvalue weighted by Crippen LogP contribution is 2.72. The van der Waals surface area contributed by atoms with Crippen molar-refractivity contribution in [3.63, 3.8) is 0 Å². The molecule has 0 aromatic carbocycles. The maximum atomic E-state index is 13.9. The number of alkyl carbamates (subject to hydrolysis) is 3. The monoisotopic (exact) mass is 1720 g/mol. The minimum atomic E-state index is -1.68. The number of carbonyl (C=O) groups excluding carboxylic acids is 7. The lowest BCUT2D eigenvalue weighted by Crippen LogP contribution is -2.78. The number of aliphatic hydroxyl groups is 6. The van der Waals surface area contributed by atoms with Crippen LogP contribution in [-0.4, -0.2) is 199 Å². The van der Waals surface area contributed by atoms with E-state index >= 15 is 0 Å². The highest BCUT2D eigenvalue weighted by molar-refractivity contribution is 5.79. The second-order valence-corrected chi connectivity index (χ2v) is 42.1. The van der Waals surface area contributed by atoms with Crippen molar-refractivity contribution in [3.8, 4) is 0 Å². The summed E-state index contributed by atoms with van der Waals surface area (Å²) in [6.45, 7) is 76.0. The molecule has 25 atom stereocenters. The van der Waals surface area contributed by atoms with Crippen molar-refractivity contribution in [1.29, 1.82) is 0 Å². The number of ether oxygens (including phenoxy) is 10. The summed E-state index contributed by atoms with van der Waals surface area (Å²) in [5.41, 5.74) is -1.83. The normalized spacial score (nSPS) is 27.7. The van der Waals surface area contributed by atoms with E-state index in [9.17, 15) is 64.2 Å². The Kier molecular flexibility index (Phi) is 39.1. The third kappa shape index (κ3) is 27.2. The summed E-state index contributed by atoms with van der Waals surface area (Å²) in [6, 6.07) is -2.22. The molecular formula is C95H167N3O23. The molecule has 0 spiro atoms. The largest absolute Gasteiger partial charge is 0.458 e. The molecule has 2 aliphatic heterocycles. The van der Waals surface area contributed by atoms with Gasteiger partial charge in [0.05, 0.1) is 60.7 Å². The van der Waals surface area contributed by atoms with Crippen molar-refractivity contribution in [2.24, 2.45) is 80.8 Å². The second-order valence-electron chi connectivity index (χ2n) is 42.1. The predicted molar refractivity (Wildman–Crippen MR) is 469 cm³/mol. The fraction of sp³-hybridized carbons (Fsp3) is 0.842. The number of esters is 4. The van der Waals surface area contributed by atoms with E-state index in [1.807, 2.05) is 138 Å². The van der Waals surface area contributed by atoms with Crippen molar-refractivity contribution in [2.75, 3.05) is 6.61 Å². The second kappa shape index (κ2) is 43.2. The van der Waals surface area contributed by atoms with Crippen LogP contribution in [0.5, 0.6) is 0 Å². The number of fused-ring (bicyclic) bond motifs is 3. The maximum absolute atomic E-state index is 13.9. The van der Waals surface area contributed by atoms with Gasteiger partial charge in [-0.25, -0.2) is 24.0 Å². The molecule has 2 saturated carbocycles. The molecule has 9 N–H and O–H groups in total. The number of hydrogen-bond donors (Lipinski definition) is 9. The summed E-state index contributed by atoms with van der Waals surface area (Å²) in [7, 11) is 0. The number of aliphatic hydroxyl groups excluding tert-OH is 5. The van der Waals surface area contributed by atoms with Crippen LogP contribution in [0.3, 0.4) is 0 Å². The molecule has 2 saturated heterocycles. The molecule has 3 aliphatic carbocycles. The molecule has 5 rings (SSSR count). The summed E-state index contributed by atoms with van der Waals surface area (Å²) in [5.74, 6) is -3.67. The van der Waals surface area contributed by atoms with Gasteiger partial charge in [-0.2, -0.15) is 0 Å². The van der Waals surface area contributed by atoms with E-state index in [4.69, 9.17) is 47.4 Å². The van der Waals surface area contributed by atoms with E-state index < -0.39 is 178 Å². The average Bonchev–Trinajstić information content (AvgIpc) is 1.55. The Morgan fingerprint density at radius 3 is 1.33 bits per heavy atom. The molecule has 0 aromatic rings. The van der Waals surface area contributed by atoms with Gasteiger partial charge in [-0.05, 0) is 215 Å². The Hall–Kier alpha value is -5.71. The third-order valence-corrected chi connectivity index (χ3v) is 27.0. The lowest BCUT2D eigenvalue weighted by molar-refractivity contribution is -0.387. The summed E-state index contributed by atoms with van der Waals surface area (Å²) in [5, 5.41) is 75.1. The highest BCUT2D eigenvalue weighted by Gasteiger charge is 2.78. The van der Waals surface area contributed by atoms with Crippen LogP contribution in [0.25, 0.3) is 0 Å². The summed E-state index contributed by atoms with van der Waals surface area (Å²) < 4.78 is 59.4. The van der Waals surface area contributed by atoms with Gasteiger partial charge in [0.1, 0.15) is 41.2 Å². The molecule has 26 heteroatoms. The first-order valence-corrected chi connectivity index (χ1v) is 44.5. The maximum Gasteiger partial charge on any atom is 0.407 e. The molecule has 5 aliphatic rings. The highest BCUT2D eigenvalue weighted by atomic mass is 16.7. The molecule has 3 amide bonds. The van der Waals surface area contributed by atoms with Crippen LogP contribution in [0.1, 0.15) is 308 Å². The Bertz CT molecular complexity index is 3450. The number of nitrogens with one attached hydrogen (secondary N) is 3. The van der Waals surface area contributed by atoms with Crippen molar-refractivity contribution in [3.05, 3.63) is 46.1 Å². The molecule has 700 valence electrons. The first-order chi connectivity index (χ1) is 54.9. The fourth-order valence-corrected chi connectivity index (χ4v) is 19.2. The first kappa shape index (κ1) is 109. The summed E-state index contributed by atoms with van der Waals surface area (Å²) in [6.07, 6.45) is -5.83. The minimum Gasteiger partial charge on any atom is -0.458 e. The number of carbonyl (C=O) groups is 7. The average molecular weight is 1720 g/mol. The van der Waals surface area contributed by atoms with Gasteiger partial charge in [0.25, 0.3) is 0 Å². The Morgan fingerprint density at radius 2 is 0.959 bits per heavy atom. The van der Waals surface area contributed by atoms with Crippen LogP contribution >= 0.6 is 0 Å². The summed E-state index contributed by atoms with van der Waals surface area (Å²) in [4.78, 5) is 89.9. The van der Waals surface area contributed by atoms with E-state index in [0.717, 1.165) is 39.9 Å². The van der Waals surface area contributed by atoms with E-state index in [1.54, 1.807) is 75.3 Å². The van der Waals surface area contributed by atoms with Crippen molar-refractivity contribution in [2.45, 2.75) is 428 Å². The van der Waals surface area contributed by atoms with Crippen LogP contribution in [-0.2, 0) is 66.5 Å². The van der Waals surface area contributed by atoms with Crippen molar-refractivity contribution >= 4 is 42.2 Å².